The Hall–Kier alpha value is -2.01. The highest BCUT2D eigenvalue weighted by atomic mass is 79.9. The molecule has 134 valence electrons. The molecule has 0 fully saturated rings. The van der Waals surface area contributed by atoms with Crippen molar-refractivity contribution < 1.29 is 14.6 Å². The average molecular weight is 406 g/mol. The standard InChI is InChI=1S/C20H24BrNO3/c1-13-11-16(19(23)24)18(17(21)12-13)22-9-10-25-15-7-5-14(6-8-15)20(2,3)4/h5-8,11-12,22H,9-10H2,1-4H3,(H,23,24). The summed E-state index contributed by atoms with van der Waals surface area (Å²) in [6.07, 6.45) is 0. The molecule has 0 aliphatic rings. The van der Waals surface area contributed by atoms with Gasteiger partial charge in [0.15, 0.2) is 0 Å². The number of anilines is 1. The van der Waals surface area contributed by atoms with E-state index in [1.807, 2.05) is 25.1 Å². The highest BCUT2D eigenvalue weighted by molar-refractivity contribution is 9.10. The van der Waals surface area contributed by atoms with Gasteiger partial charge < -0.3 is 15.2 Å². The van der Waals surface area contributed by atoms with E-state index in [9.17, 15) is 9.90 Å². The molecule has 0 aliphatic carbocycles. The molecule has 0 amide bonds. The lowest BCUT2D eigenvalue weighted by atomic mass is 9.87. The lowest BCUT2D eigenvalue weighted by Gasteiger charge is -2.19. The number of hydrogen-bond acceptors (Lipinski definition) is 3. The monoisotopic (exact) mass is 405 g/mol. The SMILES string of the molecule is Cc1cc(Br)c(NCCOc2ccc(C(C)(C)C)cc2)c(C(=O)O)c1. The third kappa shape index (κ3) is 5.23. The minimum atomic E-state index is -0.953. The van der Waals surface area contributed by atoms with Crippen molar-refractivity contribution in [3.8, 4) is 5.75 Å². The van der Waals surface area contributed by atoms with E-state index >= 15 is 0 Å². The molecule has 0 saturated heterocycles. The zero-order valence-corrected chi connectivity index (χ0v) is 16.6. The van der Waals surface area contributed by atoms with E-state index in [4.69, 9.17) is 4.74 Å². The molecule has 0 saturated carbocycles. The molecule has 5 heteroatoms. The Kier molecular flexibility index (Phi) is 6.11. The van der Waals surface area contributed by atoms with Crippen molar-refractivity contribution >= 4 is 27.6 Å². The number of benzene rings is 2. The topological polar surface area (TPSA) is 58.6 Å². The van der Waals surface area contributed by atoms with Crippen molar-refractivity contribution in [3.05, 3.63) is 57.6 Å². The molecule has 0 spiro atoms. The van der Waals surface area contributed by atoms with Gasteiger partial charge in [0.1, 0.15) is 12.4 Å². The molecule has 0 aromatic heterocycles. The second-order valence-corrected chi connectivity index (χ2v) is 7.88. The summed E-state index contributed by atoms with van der Waals surface area (Å²) in [6, 6.07) is 11.6. The summed E-state index contributed by atoms with van der Waals surface area (Å²) < 4.78 is 6.47. The van der Waals surface area contributed by atoms with Crippen LogP contribution in [0.25, 0.3) is 0 Å². The van der Waals surface area contributed by atoms with Crippen molar-refractivity contribution in [2.45, 2.75) is 33.1 Å². The van der Waals surface area contributed by atoms with E-state index in [0.29, 0.717) is 18.8 Å². The molecule has 25 heavy (non-hydrogen) atoms. The van der Waals surface area contributed by atoms with Crippen LogP contribution in [0.5, 0.6) is 5.75 Å². The summed E-state index contributed by atoms with van der Waals surface area (Å²) >= 11 is 3.42. The summed E-state index contributed by atoms with van der Waals surface area (Å²) in [4.78, 5) is 11.4. The number of ether oxygens (including phenoxy) is 1. The number of aryl methyl sites for hydroxylation is 1. The molecule has 0 aliphatic heterocycles. The van der Waals surface area contributed by atoms with Crippen molar-refractivity contribution in [3.63, 3.8) is 0 Å². The fourth-order valence-electron chi connectivity index (χ4n) is 2.49. The van der Waals surface area contributed by atoms with E-state index in [1.54, 1.807) is 6.07 Å². The van der Waals surface area contributed by atoms with Crippen molar-refractivity contribution in [2.24, 2.45) is 0 Å². The fraction of sp³-hybridized carbons (Fsp3) is 0.350. The fourth-order valence-corrected chi connectivity index (χ4v) is 3.20. The van der Waals surface area contributed by atoms with Crippen LogP contribution in [0.1, 0.15) is 42.3 Å². The summed E-state index contributed by atoms with van der Waals surface area (Å²) in [7, 11) is 0. The highest BCUT2D eigenvalue weighted by Crippen LogP contribution is 2.28. The van der Waals surface area contributed by atoms with Gasteiger partial charge in [0, 0.05) is 11.0 Å². The van der Waals surface area contributed by atoms with Crippen LogP contribution < -0.4 is 10.1 Å². The molecule has 0 unspecified atom stereocenters. The van der Waals surface area contributed by atoms with Gasteiger partial charge in [-0.3, -0.25) is 0 Å². The normalized spacial score (nSPS) is 11.2. The number of aromatic carboxylic acids is 1. The van der Waals surface area contributed by atoms with Gasteiger partial charge in [0.25, 0.3) is 0 Å². The van der Waals surface area contributed by atoms with Crippen LogP contribution in [0, 0.1) is 6.92 Å². The molecular formula is C20H24BrNO3. The van der Waals surface area contributed by atoms with Crippen LogP contribution in [0.15, 0.2) is 40.9 Å². The van der Waals surface area contributed by atoms with Crippen LogP contribution in [-0.4, -0.2) is 24.2 Å². The van der Waals surface area contributed by atoms with Gasteiger partial charge in [-0.2, -0.15) is 0 Å². The van der Waals surface area contributed by atoms with Gasteiger partial charge >= 0.3 is 5.97 Å². The van der Waals surface area contributed by atoms with E-state index in [0.717, 1.165) is 15.8 Å². The van der Waals surface area contributed by atoms with Gasteiger partial charge in [-0.15, -0.1) is 0 Å². The number of carboxylic acid groups (broad SMARTS) is 1. The van der Waals surface area contributed by atoms with Crippen molar-refractivity contribution in [2.75, 3.05) is 18.5 Å². The average Bonchev–Trinajstić information content (AvgIpc) is 2.52. The number of hydrogen-bond donors (Lipinski definition) is 2. The lowest BCUT2D eigenvalue weighted by Crippen LogP contribution is -2.15. The first-order valence-corrected chi connectivity index (χ1v) is 8.98. The van der Waals surface area contributed by atoms with Gasteiger partial charge in [0.2, 0.25) is 0 Å². The summed E-state index contributed by atoms with van der Waals surface area (Å²) in [5.74, 6) is -0.151. The van der Waals surface area contributed by atoms with Crippen LogP contribution >= 0.6 is 15.9 Å². The Morgan fingerprint density at radius 1 is 1.20 bits per heavy atom. The predicted molar refractivity (Wildman–Crippen MR) is 105 cm³/mol. The Balaban J connectivity index is 1.95. The zero-order valence-electron chi connectivity index (χ0n) is 15.0. The van der Waals surface area contributed by atoms with Crippen molar-refractivity contribution in [1.82, 2.24) is 0 Å². The zero-order chi connectivity index (χ0) is 18.6. The molecule has 2 aromatic rings. The van der Waals surface area contributed by atoms with Crippen LogP contribution in [-0.2, 0) is 5.41 Å². The van der Waals surface area contributed by atoms with E-state index in [1.165, 1.54) is 5.56 Å². The minimum Gasteiger partial charge on any atom is -0.492 e. The number of carboxylic acids is 1. The Morgan fingerprint density at radius 2 is 1.84 bits per heavy atom. The quantitative estimate of drug-likeness (QED) is 0.644. The number of nitrogens with one attached hydrogen (secondary N) is 1. The number of rotatable bonds is 6. The first-order chi connectivity index (χ1) is 11.7. The molecule has 2 N–H and O–H groups in total. The third-order valence-corrected chi connectivity index (χ3v) is 4.48. The number of carbonyl (C=O) groups is 1. The smallest absolute Gasteiger partial charge is 0.337 e. The third-order valence-electron chi connectivity index (χ3n) is 3.86. The summed E-state index contributed by atoms with van der Waals surface area (Å²) in [5.41, 5.74) is 3.09. The maximum absolute atomic E-state index is 11.4. The first kappa shape index (κ1) is 19.3. The van der Waals surface area contributed by atoms with Gasteiger partial charge in [0.05, 0.1) is 11.3 Å². The number of halogens is 1. The summed E-state index contributed by atoms with van der Waals surface area (Å²) in [6.45, 7) is 9.33. The predicted octanol–water partition coefficient (Wildman–Crippen LogP) is 5.24. The minimum absolute atomic E-state index is 0.116. The molecule has 0 atom stereocenters. The first-order valence-electron chi connectivity index (χ1n) is 8.19. The van der Waals surface area contributed by atoms with E-state index < -0.39 is 5.97 Å². The van der Waals surface area contributed by atoms with Gasteiger partial charge in [-0.25, -0.2) is 4.79 Å². The molecule has 4 nitrogen and oxygen atoms in total. The second-order valence-electron chi connectivity index (χ2n) is 7.02. The molecule has 2 aromatic carbocycles. The highest BCUT2D eigenvalue weighted by Gasteiger charge is 2.14. The van der Waals surface area contributed by atoms with Crippen LogP contribution in [0.4, 0.5) is 5.69 Å². The molecule has 0 heterocycles. The van der Waals surface area contributed by atoms with Crippen molar-refractivity contribution in [1.29, 1.82) is 0 Å². The lowest BCUT2D eigenvalue weighted by molar-refractivity contribution is 0.0697. The second kappa shape index (κ2) is 7.91. The summed E-state index contributed by atoms with van der Waals surface area (Å²) in [5, 5.41) is 12.5. The van der Waals surface area contributed by atoms with E-state index in [2.05, 4.69) is 54.2 Å². The molecule has 2 rings (SSSR count). The van der Waals surface area contributed by atoms with E-state index in [-0.39, 0.29) is 11.0 Å². The molecule has 0 radical (unpaired) electrons. The Labute approximate surface area is 157 Å². The largest absolute Gasteiger partial charge is 0.492 e. The van der Waals surface area contributed by atoms with Gasteiger partial charge in [-0.05, 0) is 63.7 Å². The van der Waals surface area contributed by atoms with Crippen LogP contribution in [0.2, 0.25) is 0 Å². The maximum atomic E-state index is 11.4. The van der Waals surface area contributed by atoms with Crippen LogP contribution in [0.3, 0.4) is 0 Å². The molecular weight excluding hydrogens is 382 g/mol. The maximum Gasteiger partial charge on any atom is 0.337 e. The molecule has 0 bridgehead atoms. The Bertz CT molecular complexity index is 749. The van der Waals surface area contributed by atoms with Gasteiger partial charge in [-0.1, -0.05) is 32.9 Å². The Morgan fingerprint density at radius 3 is 2.40 bits per heavy atom.